The molecule has 2 heterocycles. The van der Waals surface area contributed by atoms with Crippen LogP contribution in [0.2, 0.25) is 0 Å². The van der Waals surface area contributed by atoms with Gasteiger partial charge < -0.3 is 25.0 Å². The minimum absolute atomic E-state index is 0.0862. The maximum atomic E-state index is 12.9. The van der Waals surface area contributed by atoms with Crippen molar-refractivity contribution in [3.8, 4) is 5.75 Å². The second kappa shape index (κ2) is 10.1. The first-order valence-corrected chi connectivity index (χ1v) is 10.9. The van der Waals surface area contributed by atoms with E-state index in [9.17, 15) is 14.7 Å². The summed E-state index contributed by atoms with van der Waals surface area (Å²) in [4.78, 5) is 31.1. The van der Waals surface area contributed by atoms with Crippen LogP contribution in [0.1, 0.15) is 39.5 Å². The van der Waals surface area contributed by atoms with Gasteiger partial charge in [0.2, 0.25) is 5.91 Å². The fraction of sp³-hybridized carbons (Fsp3) is 0.636. The molecule has 0 saturated carbocycles. The molecule has 0 bridgehead atoms. The Morgan fingerprint density at radius 2 is 2.10 bits per heavy atom. The lowest BCUT2D eigenvalue weighted by Gasteiger charge is -2.41. The summed E-state index contributed by atoms with van der Waals surface area (Å²) >= 11 is 0. The second-order valence-corrected chi connectivity index (χ2v) is 8.17. The predicted molar refractivity (Wildman–Crippen MR) is 117 cm³/mol. The van der Waals surface area contributed by atoms with Gasteiger partial charge in [0.05, 0.1) is 18.9 Å². The fourth-order valence-electron chi connectivity index (χ4n) is 4.29. The molecule has 2 aliphatic heterocycles. The SMILES string of the molecule is CC[C@@H]1CN(C(=O)Nc2ccc(OC)c(N3CCCCC3=O)c2)CCN1C[C@@H](C)O. The quantitative estimate of drug-likeness (QED) is 0.742. The third-order valence-corrected chi connectivity index (χ3v) is 5.91. The molecular weight excluding hydrogens is 384 g/mol. The number of nitrogens with zero attached hydrogens (tertiary/aromatic N) is 3. The Hall–Kier alpha value is -2.32. The van der Waals surface area contributed by atoms with Gasteiger partial charge in [-0.3, -0.25) is 9.69 Å². The summed E-state index contributed by atoms with van der Waals surface area (Å²) < 4.78 is 5.45. The maximum Gasteiger partial charge on any atom is 0.321 e. The number of urea groups is 1. The molecule has 0 unspecified atom stereocenters. The third-order valence-electron chi connectivity index (χ3n) is 5.91. The summed E-state index contributed by atoms with van der Waals surface area (Å²) in [5.41, 5.74) is 1.35. The van der Waals surface area contributed by atoms with E-state index in [1.165, 1.54) is 0 Å². The summed E-state index contributed by atoms with van der Waals surface area (Å²) in [6.07, 6.45) is 2.94. The van der Waals surface area contributed by atoms with E-state index in [1.54, 1.807) is 31.1 Å². The number of anilines is 2. The van der Waals surface area contributed by atoms with Gasteiger partial charge in [0.1, 0.15) is 5.75 Å². The highest BCUT2D eigenvalue weighted by Gasteiger charge is 2.29. The Morgan fingerprint density at radius 1 is 1.30 bits per heavy atom. The number of hydrogen-bond acceptors (Lipinski definition) is 5. The Morgan fingerprint density at radius 3 is 2.77 bits per heavy atom. The average molecular weight is 419 g/mol. The number of rotatable bonds is 6. The number of carbonyl (C=O) groups excluding carboxylic acids is 2. The number of nitrogens with one attached hydrogen (secondary N) is 1. The molecule has 3 amide bonds. The van der Waals surface area contributed by atoms with Crippen molar-refractivity contribution < 1.29 is 19.4 Å². The zero-order chi connectivity index (χ0) is 21.7. The standard InChI is InChI=1S/C22H34N4O4/c1-4-18-15-25(12-11-24(18)14-16(2)27)22(29)23-17-8-9-20(30-3)19(13-17)26-10-6-5-7-21(26)28/h8-9,13,16,18,27H,4-7,10-12,14-15H2,1-3H3,(H,23,29)/t16-,18-/m1/s1. The lowest BCUT2D eigenvalue weighted by atomic mass is 10.1. The van der Waals surface area contributed by atoms with Gasteiger partial charge in [-0.1, -0.05) is 6.92 Å². The maximum absolute atomic E-state index is 12.9. The summed E-state index contributed by atoms with van der Waals surface area (Å²) in [5.74, 6) is 0.712. The third kappa shape index (κ3) is 5.23. The van der Waals surface area contributed by atoms with Crippen molar-refractivity contribution in [3.05, 3.63) is 18.2 Å². The lowest BCUT2D eigenvalue weighted by Crippen LogP contribution is -2.56. The number of ether oxygens (including phenoxy) is 1. The zero-order valence-electron chi connectivity index (χ0n) is 18.3. The van der Waals surface area contributed by atoms with Gasteiger partial charge in [0.25, 0.3) is 0 Å². The van der Waals surface area contributed by atoms with E-state index in [-0.39, 0.29) is 24.1 Å². The summed E-state index contributed by atoms with van der Waals surface area (Å²) in [5, 5.41) is 12.7. The number of benzene rings is 1. The van der Waals surface area contributed by atoms with Crippen LogP contribution in [-0.4, -0.2) is 78.8 Å². The van der Waals surface area contributed by atoms with E-state index in [4.69, 9.17) is 4.74 Å². The number of hydrogen-bond donors (Lipinski definition) is 2. The molecule has 0 spiro atoms. The molecule has 2 fully saturated rings. The monoisotopic (exact) mass is 418 g/mol. The first kappa shape index (κ1) is 22.4. The molecule has 1 aromatic carbocycles. The number of methoxy groups -OCH3 is 1. The van der Waals surface area contributed by atoms with Gasteiger partial charge in [-0.25, -0.2) is 4.79 Å². The van der Waals surface area contributed by atoms with Crippen molar-refractivity contribution in [3.63, 3.8) is 0 Å². The number of piperidine rings is 1. The molecule has 30 heavy (non-hydrogen) atoms. The minimum Gasteiger partial charge on any atom is -0.495 e. The predicted octanol–water partition coefficient (Wildman–Crippen LogP) is 2.52. The molecule has 0 aromatic heterocycles. The molecule has 2 atom stereocenters. The summed E-state index contributed by atoms with van der Waals surface area (Å²) in [6, 6.07) is 5.50. The molecule has 2 aliphatic rings. The van der Waals surface area contributed by atoms with Crippen LogP contribution in [-0.2, 0) is 4.79 Å². The van der Waals surface area contributed by atoms with Crippen LogP contribution in [0.25, 0.3) is 0 Å². The topological polar surface area (TPSA) is 85.4 Å². The van der Waals surface area contributed by atoms with Gasteiger partial charge in [-0.15, -0.1) is 0 Å². The minimum atomic E-state index is -0.380. The first-order valence-electron chi connectivity index (χ1n) is 10.9. The number of aliphatic hydroxyl groups excluding tert-OH is 1. The largest absolute Gasteiger partial charge is 0.495 e. The molecule has 2 N–H and O–H groups in total. The fourth-order valence-corrected chi connectivity index (χ4v) is 4.29. The molecular formula is C22H34N4O4. The van der Waals surface area contributed by atoms with Crippen LogP contribution in [0.4, 0.5) is 16.2 Å². The normalized spacial score (nSPS) is 21.5. The van der Waals surface area contributed by atoms with Crippen LogP contribution in [0.5, 0.6) is 5.75 Å². The zero-order valence-corrected chi connectivity index (χ0v) is 18.3. The molecule has 8 heteroatoms. The Labute approximate surface area is 178 Å². The van der Waals surface area contributed by atoms with E-state index in [2.05, 4.69) is 17.1 Å². The molecule has 0 radical (unpaired) electrons. The smallest absolute Gasteiger partial charge is 0.321 e. The number of aliphatic hydroxyl groups is 1. The number of β-amino-alcohol motifs (C(OH)–C–C–N with tert-alkyl or cyclic N) is 1. The number of amides is 3. The van der Waals surface area contributed by atoms with Crippen molar-refractivity contribution in [1.29, 1.82) is 0 Å². The van der Waals surface area contributed by atoms with Gasteiger partial charge in [0.15, 0.2) is 0 Å². The van der Waals surface area contributed by atoms with Crippen molar-refractivity contribution in [2.24, 2.45) is 0 Å². The summed E-state index contributed by atoms with van der Waals surface area (Å²) in [6.45, 7) is 7.17. The van der Waals surface area contributed by atoms with E-state index in [0.29, 0.717) is 49.7 Å². The lowest BCUT2D eigenvalue weighted by molar-refractivity contribution is -0.119. The van der Waals surface area contributed by atoms with Crippen LogP contribution in [0.3, 0.4) is 0 Å². The van der Waals surface area contributed by atoms with E-state index in [1.807, 2.05) is 11.0 Å². The highest BCUT2D eigenvalue weighted by Crippen LogP contribution is 2.33. The van der Waals surface area contributed by atoms with Crippen molar-refractivity contribution in [2.75, 3.05) is 50.1 Å². The number of piperazine rings is 1. The van der Waals surface area contributed by atoms with Crippen LogP contribution < -0.4 is 15.0 Å². The molecule has 2 saturated heterocycles. The molecule has 166 valence electrons. The molecule has 1 aromatic rings. The van der Waals surface area contributed by atoms with Crippen molar-refractivity contribution in [1.82, 2.24) is 9.80 Å². The average Bonchev–Trinajstić information content (AvgIpc) is 2.74. The molecule has 3 rings (SSSR count). The highest BCUT2D eigenvalue weighted by molar-refractivity contribution is 5.97. The second-order valence-electron chi connectivity index (χ2n) is 8.17. The van der Waals surface area contributed by atoms with E-state index in [0.717, 1.165) is 25.8 Å². The summed E-state index contributed by atoms with van der Waals surface area (Å²) in [7, 11) is 1.59. The Balaban J connectivity index is 1.69. The van der Waals surface area contributed by atoms with Gasteiger partial charge in [-0.05, 0) is 44.4 Å². The van der Waals surface area contributed by atoms with Crippen LogP contribution in [0.15, 0.2) is 18.2 Å². The first-order chi connectivity index (χ1) is 14.4. The van der Waals surface area contributed by atoms with Crippen LogP contribution in [0, 0.1) is 0 Å². The molecule has 0 aliphatic carbocycles. The van der Waals surface area contributed by atoms with E-state index >= 15 is 0 Å². The van der Waals surface area contributed by atoms with Crippen molar-refractivity contribution in [2.45, 2.75) is 51.7 Å². The van der Waals surface area contributed by atoms with E-state index < -0.39 is 0 Å². The Bertz CT molecular complexity index is 755. The highest BCUT2D eigenvalue weighted by atomic mass is 16.5. The number of carbonyl (C=O) groups is 2. The van der Waals surface area contributed by atoms with Crippen molar-refractivity contribution >= 4 is 23.3 Å². The Kier molecular flexibility index (Phi) is 7.55. The van der Waals surface area contributed by atoms with Gasteiger partial charge in [0, 0.05) is 50.9 Å². The van der Waals surface area contributed by atoms with Gasteiger partial charge in [-0.2, -0.15) is 0 Å². The van der Waals surface area contributed by atoms with Crippen LogP contribution >= 0.6 is 0 Å². The molecule has 8 nitrogen and oxygen atoms in total. The van der Waals surface area contributed by atoms with Gasteiger partial charge >= 0.3 is 6.03 Å².